The first-order valence-electron chi connectivity index (χ1n) is 6.25. The van der Waals surface area contributed by atoms with Crippen LogP contribution in [0.1, 0.15) is 12.8 Å². The Balaban J connectivity index is 0.00000133. The molecule has 1 spiro atoms. The molecule has 2 N–H and O–H groups in total. The average molecular weight is 286 g/mol. The summed E-state index contributed by atoms with van der Waals surface area (Å²) in [5, 5.41) is 6.38. The highest BCUT2D eigenvalue weighted by atomic mass is 35.5. The highest BCUT2D eigenvalue weighted by Crippen LogP contribution is 2.29. The van der Waals surface area contributed by atoms with Gasteiger partial charge in [0, 0.05) is 5.69 Å². The Morgan fingerprint density at radius 1 is 1.16 bits per heavy atom. The third-order valence-electron chi connectivity index (χ3n) is 3.78. The predicted molar refractivity (Wildman–Crippen MR) is 74.4 cm³/mol. The SMILES string of the molecule is Cl.O=C1NC2(CCNCC2)CN1c1ccc(F)cc1. The van der Waals surface area contributed by atoms with Crippen molar-refractivity contribution < 1.29 is 9.18 Å². The molecule has 2 heterocycles. The van der Waals surface area contributed by atoms with Gasteiger partial charge in [0.1, 0.15) is 5.82 Å². The largest absolute Gasteiger partial charge is 0.330 e. The van der Waals surface area contributed by atoms with Crippen molar-refractivity contribution in [1.29, 1.82) is 0 Å². The quantitative estimate of drug-likeness (QED) is 0.828. The number of anilines is 1. The fourth-order valence-electron chi connectivity index (χ4n) is 2.73. The van der Waals surface area contributed by atoms with Gasteiger partial charge in [-0.25, -0.2) is 9.18 Å². The van der Waals surface area contributed by atoms with E-state index < -0.39 is 0 Å². The fraction of sp³-hybridized carbons (Fsp3) is 0.462. The van der Waals surface area contributed by atoms with E-state index in [9.17, 15) is 9.18 Å². The van der Waals surface area contributed by atoms with Crippen molar-refractivity contribution in [2.24, 2.45) is 0 Å². The van der Waals surface area contributed by atoms with Gasteiger partial charge in [-0.15, -0.1) is 12.4 Å². The normalized spacial score (nSPS) is 21.1. The Hall–Kier alpha value is -1.33. The summed E-state index contributed by atoms with van der Waals surface area (Å²) in [6.07, 6.45) is 1.88. The van der Waals surface area contributed by atoms with Gasteiger partial charge in [-0.3, -0.25) is 4.90 Å². The molecule has 104 valence electrons. The number of rotatable bonds is 1. The molecule has 0 radical (unpaired) electrons. The molecule has 2 amide bonds. The van der Waals surface area contributed by atoms with E-state index in [1.807, 2.05) is 0 Å². The number of benzene rings is 1. The van der Waals surface area contributed by atoms with Crippen molar-refractivity contribution in [1.82, 2.24) is 10.6 Å². The van der Waals surface area contributed by atoms with E-state index in [-0.39, 0.29) is 29.8 Å². The van der Waals surface area contributed by atoms with Crippen LogP contribution in [0.25, 0.3) is 0 Å². The summed E-state index contributed by atoms with van der Waals surface area (Å²) in [5.74, 6) is -0.282. The van der Waals surface area contributed by atoms with E-state index in [0.717, 1.165) is 31.6 Å². The van der Waals surface area contributed by atoms with Gasteiger partial charge in [0.05, 0.1) is 12.1 Å². The second-order valence-corrected chi connectivity index (χ2v) is 5.02. The van der Waals surface area contributed by atoms with Crippen LogP contribution in [0.4, 0.5) is 14.9 Å². The molecule has 3 rings (SSSR count). The first-order valence-corrected chi connectivity index (χ1v) is 6.25. The predicted octanol–water partition coefficient (Wildman–Crippen LogP) is 1.90. The molecular formula is C13H17ClFN3O. The van der Waals surface area contributed by atoms with Crippen molar-refractivity contribution >= 4 is 24.1 Å². The number of nitrogens with one attached hydrogen (secondary N) is 2. The summed E-state index contributed by atoms with van der Waals surface area (Å²) in [5.41, 5.74) is 0.640. The van der Waals surface area contributed by atoms with Crippen molar-refractivity contribution in [3.8, 4) is 0 Å². The number of piperidine rings is 1. The number of hydrogen-bond donors (Lipinski definition) is 2. The standard InChI is InChI=1S/C13H16FN3O.ClH/c14-10-1-3-11(4-2-10)17-9-13(16-12(17)18)5-7-15-8-6-13;/h1-4,15H,5-9H2,(H,16,18);1H. The molecule has 0 aliphatic carbocycles. The van der Waals surface area contributed by atoms with Crippen molar-refractivity contribution in [3.05, 3.63) is 30.1 Å². The molecule has 2 aliphatic heterocycles. The summed E-state index contributed by atoms with van der Waals surface area (Å²) >= 11 is 0. The number of carbonyl (C=O) groups excluding carboxylic acids is 1. The smallest absolute Gasteiger partial charge is 0.322 e. The molecule has 0 atom stereocenters. The summed E-state index contributed by atoms with van der Waals surface area (Å²) in [6.45, 7) is 2.52. The molecule has 19 heavy (non-hydrogen) atoms. The van der Waals surface area contributed by atoms with Gasteiger partial charge in [-0.05, 0) is 50.2 Å². The lowest BCUT2D eigenvalue weighted by Crippen LogP contribution is -2.51. The zero-order valence-electron chi connectivity index (χ0n) is 10.5. The molecular weight excluding hydrogens is 269 g/mol. The van der Waals surface area contributed by atoms with Crippen LogP contribution < -0.4 is 15.5 Å². The number of carbonyl (C=O) groups is 1. The molecule has 0 unspecified atom stereocenters. The lowest BCUT2D eigenvalue weighted by molar-refractivity contribution is 0.239. The molecule has 0 saturated carbocycles. The lowest BCUT2D eigenvalue weighted by Gasteiger charge is -2.32. The Labute approximate surface area is 117 Å². The number of amides is 2. The topological polar surface area (TPSA) is 44.4 Å². The third kappa shape index (κ3) is 2.67. The van der Waals surface area contributed by atoms with Crippen LogP contribution in [0.2, 0.25) is 0 Å². The van der Waals surface area contributed by atoms with Crippen LogP contribution in [0.15, 0.2) is 24.3 Å². The van der Waals surface area contributed by atoms with E-state index in [1.54, 1.807) is 17.0 Å². The summed E-state index contributed by atoms with van der Waals surface area (Å²) in [7, 11) is 0. The van der Waals surface area contributed by atoms with Gasteiger partial charge < -0.3 is 10.6 Å². The minimum absolute atomic E-state index is 0. The maximum Gasteiger partial charge on any atom is 0.322 e. The van der Waals surface area contributed by atoms with E-state index in [2.05, 4.69) is 10.6 Å². The fourth-order valence-corrected chi connectivity index (χ4v) is 2.73. The van der Waals surface area contributed by atoms with Gasteiger partial charge in [-0.2, -0.15) is 0 Å². The average Bonchev–Trinajstić information content (AvgIpc) is 2.68. The number of nitrogens with zero attached hydrogens (tertiary/aromatic N) is 1. The number of halogens is 2. The van der Waals surface area contributed by atoms with E-state index >= 15 is 0 Å². The molecule has 2 fully saturated rings. The summed E-state index contributed by atoms with van der Waals surface area (Å²) < 4.78 is 12.9. The van der Waals surface area contributed by atoms with Crippen LogP contribution in [0, 0.1) is 5.82 Å². The Kier molecular flexibility index (Phi) is 3.96. The van der Waals surface area contributed by atoms with E-state index in [1.165, 1.54) is 12.1 Å². The van der Waals surface area contributed by atoms with Gasteiger partial charge in [-0.1, -0.05) is 0 Å². The minimum atomic E-state index is -0.282. The van der Waals surface area contributed by atoms with Crippen LogP contribution in [0.5, 0.6) is 0 Å². The monoisotopic (exact) mass is 285 g/mol. The highest BCUT2D eigenvalue weighted by Gasteiger charge is 2.43. The van der Waals surface area contributed by atoms with E-state index in [4.69, 9.17) is 0 Å². The lowest BCUT2D eigenvalue weighted by atomic mass is 9.89. The molecule has 6 heteroatoms. The van der Waals surface area contributed by atoms with Crippen molar-refractivity contribution in [2.45, 2.75) is 18.4 Å². The first kappa shape index (κ1) is 14.1. The molecule has 1 aromatic rings. The highest BCUT2D eigenvalue weighted by molar-refractivity contribution is 5.95. The Morgan fingerprint density at radius 2 is 1.79 bits per heavy atom. The molecule has 4 nitrogen and oxygen atoms in total. The minimum Gasteiger partial charge on any atom is -0.330 e. The molecule has 2 aliphatic rings. The number of hydrogen-bond acceptors (Lipinski definition) is 2. The van der Waals surface area contributed by atoms with Gasteiger partial charge in [0.25, 0.3) is 0 Å². The zero-order chi connectivity index (χ0) is 12.6. The van der Waals surface area contributed by atoms with Gasteiger partial charge in [0.15, 0.2) is 0 Å². The van der Waals surface area contributed by atoms with E-state index in [0.29, 0.717) is 6.54 Å². The van der Waals surface area contributed by atoms with Gasteiger partial charge >= 0.3 is 6.03 Å². The third-order valence-corrected chi connectivity index (χ3v) is 3.78. The van der Waals surface area contributed by atoms with Crippen molar-refractivity contribution in [2.75, 3.05) is 24.5 Å². The van der Waals surface area contributed by atoms with Gasteiger partial charge in [0.2, 0.25) is 0 Å². The van der Waals surface area contributed by atoms with Crippen molar-refractivity contribution in [3.63, 3.8) is 0 Å². The first-order chi connectivity index (χ1) is 8.69. The molecule has 0 aromatic heterocycles. The van der Waals surface area contributed by atoms with Crippen LogP contribution in [-0.2, 0) is 0 Å². The van der Waals surface area contributed by atoms with Crippen LogP contribution >= 0.6 is 12.4 Å². The Bertz CT molecular complexity index is 459. The molecule has 1 aromatic carbocycles. The maximum absolute atomic E-state index is 12.9. The Morgan fingerprint density at radius 3 is 2.42 bits per heavy atom. The second kappa shape index (κ2) is 5.35. The summed E-state index contributed by atoms with van der Waals surface area (Å²) in [4.78, 5) is 13.7. The zero-order valence-corrected chi connectivity index (χ0v) is 11.3. The molecule has 2 saturated heterocycles. The van der Waals surface area contributed by atoms with Crippen LogP contribution in [0.3, 0.4) is 0 Å². The molecule has 0 bridgehead atoms. The number of urea groups is 1. The maximum atomic E-state index is 12.9. The van der Waals surface area contributed by atoms with Crippen LogP contribution in [-0.4, -0.2) is 31.2 Å². The second-order valence-electron chi connectivity index (χ2n) is 5.02. The summed E-state index contributed by atoms with van der Waals surface area (Å²) in [6, 6.07) is 5.99.